The number of nitrogens with two attached hydrogens (primary N) is 2. The highest BCUT2D eigenvalue weighted by Crippen LogP contribution is 2.51. The molecule has 0 bridgehead atoms. The van der Waals surface area contributed by atoms with Gasteiger partial charge in [0, 0.05) is 30.2 Å². The first kappa shape index (κ1) is 59.3. The number of aliphatic hydroxyl groups excluding tert-OH is 2. The van der Waals surface area contributed by atoms with Crippen molar-refractivity contribution in [3.63, 3.8) is 0 Å². The number of anilines is 2. The van der Waals surface area contributed by atoms with Crippen molar-refractivity contribution < 1.29 is 46.9 Å². The highest BCUT2D eigenvalue weighted by atomic mass is 35.5. The number of carbonyl (C=O) groups excluding carboxylic acids is 2. The maximum absolute atomic E-state index is 15.2. The first-order chi connectivity index (χ1) is 35.6. The number of hydrogen-bond donors (Lipinski definition) is 10. The van der Waals surface area contributed by atoms with Crippen molar-refractivity contribution >= 4 is 78.0 Å². The highest BCUT2D eigenvalue weighted by Gasteiger charge is 2.61. The van der Waals surface area contributed by atoms with Gasteiger partial charge in [-0.05, 0) is 133 Å². The van der Waals surface area contributed by atoms with Crippen LogP contribution in [0.25, 0.3) is 0 Å². The van der Waals surface area contributed by atoms with E-state index in [0.29, 0.717) is 62.4 Å². The van der Waals surface area contributed by atoms with Crippen LogP contribution >= 0.6 is 34.8 Å². The molecule has 0 heterocycles. The Morgan fingerprint density at radius 2 is 1.03 bits per heavy atom. The van der Waals surface area contributed by atoms with Crippen LogP contribution in [0.15, 0.2) is 121 Å². The van der Waals surface area contributed by atoms with E-state index in [1.54, 1.807) is 54.6 Å². The summed E-state index contributed by atoms with van der Waals surface area (Å²) in [6.07, 6.45) is -0.0816. The summed E-state index contributed by atoms with van der Waals surface area (Å²) in [5, 5.41) is 50.2. The van der Waals surface area contributed by atoms with E-state index in [4.69, 9.17) is 46.3 Å². The van der Waals surface area contributed by atoms with Crippen molar-refractivity contribution in [1.82, 2.24) is 10.6 Å². The monoisotopic (exact) mass is 1140 g/mol. The molecule has 76 heavy (non-hydrogen) atoms. The molecule has 0 aliphatic rings. The maximum Gasteiger partial charge on any atom is 0.229 e. The predicted molar refractivity (Wildman–Crippen MR) is 300 cm³/mol. The standard InChI is InChI=1S/C55H63Cl3N6O10S2/c1-32-15-16-37(25-44(32)57)28-54(52(59)69,41-12-6-9-35(23-41)21-33(2)61-30-49(67)38-17-19-47(65)45(26-38)63-75(4,71)72)55(53(60)70,29-40-11-8-14-43(56)51(40)58)42-13-7-10-36(24-42)22-34(3)62-31-50(68)39-18-20-48(66)46(27-39)64-76(5,73)74/h6-20,23-27,33-34,49-50,61-68H,21-22,28-31H2,1-5H3,(H2,59,69)(H2,60,70)/t33-,34-,49-,50-,54?,55?/m1/s1. The number of hydrogen-bond acceptors (Lipinski definition) is 12. The summed E-state index contributed by atoms with van der Waals surface area (Å²) in [5.41, 5.74) is 14.0. The lowest BCUT2D eigenvalue weighted by Crippen LogP contribution is -2.65. The van der Waals surface area contributed by atoms with Crippen LogP contribution in [0.5, 0.6) is 11.5 Å². The third-order valence-corrected chi connectivity index (χ3v) is 15.9. The number of carbonyl (C=O) groups is 2. The van der Waals surface area contributed by atoms with Crippen LogP contribution < -0.4 is 31.5 Å². The van der Waals surface area contributed by atoms with Crippen molar-refractivity contribution in [2.45, 2.75) is 81.6 Å². The molecule has 6 atom stereocenters. The minimum absolute atomic E-state index is 0.0294. The minimum atomic E-state index is -3.72. The fraction of sp³-hybridized carbons (Fsp3) is 0.309. The summed E-state index contributed by atoms with van der Waals surface area (Å²) in [4.78, 5) is 30.4. The Morgan fingerprint density at radius 3 is 1.46 bits per heavy atom. The molecule has 0 aliphatic carbocycles. The van der Waals surface area contributed by atoms with Gasteiger partial charge < -0.3 is 42.5 Å². The topological polar surface area (TPSA) is 284 Å². The first-order valence-electron chi connectivity index (χ1n) is 24.0. The summed E-state index contributed by atoms with van der Waals surface area (Å²) >= 11 is 20.4. The second kappa shape index (κ2) is 24.6. The van der Waals surface area contributed by atoms with Gasteiger partial charge in [0.05, 0.1) is 57.0 Å². The zero-order valence-corrected chi connectivity index (χ0v) is 46.3. The lowest BCUT2D eigenvalue weighted by Gasteiger charge is -2.48. The Bertz CT molecular complexity index is 3330. The van der Waals surface area contributed by atoms with E-state index >= 15 is 9.59 Å². The van der Waals surface area contributed by atoms with Crippen LogP contribution in [0, 0.1) is 6.92 Å². The zero-order chi connectivity index (χ0) is 55.9. The minimum Gasteiger partial charge on any atom is -0.506 e. The average molecular weight is 1140 g/mol. The third-order valence-electron chi connectivity index (χ3n) is 13.4. The molecule has 0 aromatic heterocycles. The fourth-order valence-corrected chi connectivity index (χ4v) is 11.3. The van der Waals surface area contributed by atoms with Gasteiger partial charge in [-0.1, -0.05) is 120 Å². The Kier molecular flexibility index (Phi) is 19.2. The van der Waals surface area contributed by atoms with Crippen LogP contribution in [0.4, 0.5) is 11.4 Å². The summed E-state index contributed by atoms with van der Waals surface area (Å²) in [6, 6.07) is 32.2. The second-order valence-electron chi connectivity index (χ2n) is 19.5. The largest absolute Gasteiger partial charge is 0.506 e. The molecule has 6 aromatic rings. The van der Waals surface area contributed by atoms with E-state index in [1.165, 1.54) is 36.4 Å². The molecule has 12 N–H and O–H groups in total. The molecule has 406 valence electrons. The molecule has 0 saturated carbocycles. The Morgan fingerprint density at radius 1 is 0.579 bits per heavy atom. The van der Waals surface area contributed by atoms with E-state index in [1.807, 2.05) is 51.1 Å². The van der Waals surface area contributed by atoms with Crippen LogP contribution in [-0.4, -0.2) is 86.8 Å². The fourth-order valence-electron chi connectivity index (χ4n) is 9.63. The van der Waals surface area contributed by atoms with Gasteiger partial charge in [0.2, 0.25) is 31.9 Å². The number of primary amides is 2. The third kappa shape index (κ3) is 14.4. The van der Waals surface area contributed by atoms with E-state index < -0.39 is 54.9 Å². The molecule has 2 amide bonds. The van der Waals surface area contributed by atoms with Gasteiger partial charge >= 0.3 is 0 Å². The zero-order valence-electron chi connectivity index (χ0n) is 42.4. The van der Waals surface area contributed by atoms with Gasteiger partial charge in [0.15, 0.2) is 0 Å². The lowest BCUT2D eigenvalue weighted by atomic mass is 9.51. The summed E-state index contributed by atoms with van der Waals surface area (Å²) < 4.78 is 52.1. The van der Waals surface area contributed by atoms with Gasteiger partial charge in [-0.25, -0.2) is 16.8 Å². The lowest BCUT2D eigenvalue weighted by molar-refractivity contribution is -0.136. The van der Waals surface area contributed by atoms with Crippen molar-refractivity contribution in [2.75, 3.05) is 35.0 Å². The molecule has 6 aromatic carbocycles. The summed E-state index contributed by atoms with van der Waals surface area (Å²) in [7, 11) is -7.45. The first-order valence-corrected chi connectivity index (χ1v) is 28.9. The van der Waals surface area contributed by atoms with Crippen molar-refractivity contribution in [2.24, 2.45) is 11.5 Å². The maximum atomic E-state index is 15.2. The average Bonchev–Trinajstić information content (AvgIpc) is 3.41. The van der Waals surface area contributed by atoms with Gasteiger partial charge in [0.25, 0.3) is 0 Å². The molecule has 2 unspecified atom stereocenters. The SMILES string of the molecule is Cc1ccc(CC(C(N)=O)(c2cccc(C[C@@H](C)NC[C@@H](O)c3ccc(O)c(NS(C)(=O)=O)c3)c2)C(Cc2cccc(Cl)c2Cl)(C(N)=O)c2cccc(C[C@@H](C)NC[C@@H](O)c3ccc(O)c(NS(C)(=O)=O)c3)c2)cc1Cl. The Hall–Kier alpha value is -5.93. The van der Waals surface area contributed by atoms with Gasteiger partial charge in [-0.15, -0.1) is 0 Å². The number of phenolic OH excluding ortho intramolecular Hbond substituents is 2. The van der Waals surface area contributed by atoms with Gasteiger partial charge in [-0.3, -0.25) is 19.0 Å². The quantitative estimate of drug-likeness (QED) is 0.0254. The number of rotatable bonds is 25. The summed E-state index contributed by atoms with van der Waals surface area (Å²) in [5.74, 6) is -2.40. The van der Waals surface area contributed by atoms with Crippen molar-refractivity contribution in [1.29, 1.82) is 0 Å². The number of amides is 2. The Balaban J connectivity index is 1.42. The van der Waals surface area contributed by atoms with Gasteiger partial charge in [-0.2, -0.15) is 0 Å². The molecular formula is C55H63Cl3N6O10S2. The van der Waals surface area contributed by atoms with E-state index in [-0.39, 0.29) is 70.9 Å². The molecule has 0 spiro atoms. The van der Waals surface area contributed by atoms with Crippen LogP contribution in [0.3, 0.4) is 0 Å². The molecular weight excluding hydrogens is 1080 g/mol. The van der Waals surface area contributed by atoms with Gasteiger partial charge in [0.1, 0.15) is 11.5 Å². The normalized spacial score (nSPS) is 15.1. The number of phenols is 2. The number of sulfonamides is 2. The number of aliphatic hydroxyl groups is 2. The number of aryl methyl sites for hydroxylation is 1. The second-order valence-corrected chi connectivity index (χ2v) is 24.1. The molecule has 16 nitrogen and oxygen atoms in total. The van der Waals surface area contributed by atoms with Crippen LogP contribution in [0.2, 0.25) is 15.1 Å². The summed E-state index contributed by atoms with van der Waals surface area (Å²) in [6.45, 7) is 5.68. The highest BCUT2D eigenvalue weighted by molar-refractivity contribution is 7.92. The van der Waals surface area contributed by atoms with E-state index in [0.717, 1.165) is 18.1 Å². The van der Waals surface area contributed by atoms with Crippen LogP contribution in [0.1, 0.15) is 76.1 Å². The van der Waals surface area contributed by atoms with E-state index in [9.17, 15) is 37.3 Å². The number of nitrogens with one attached hydrogen (secondary N) is 4. The molecule has 0 fully saturated rings. The Labute approximate surface area is 458 Å². The van der Waals surface area contributed by atoms with Crippen molar-refractivity contribution in [3.8, 4) is 11.5 Å². The smallest absolute Gasteiger partial charge is 0.229 e. The number of benzene rings is 6. The molecule has 0 saturated heterocycles. The molecule has 0 aliphatic heterocycles. The molecule has 6 rings (SSSR count). The number of halogens is 3. The molecule has 0 radical (unpaired) electrons. The predicted octanol–water partition coefficient (Wildman–Crippen LogP) is 7.25. The van der Waals surface area contributed by atoms with Crippen LogP contribution in [-0.2, 0) is 66.1 Å². The number of aromatic hydroxyl groups is 2. The van der Waals surface area contributed by atoms with Crippen molar-refractivity contribution in [3.05, 3.63) is 186 Å². The molecule has 21 heteroatoms. The van der Waals surface area contributed by atoms with E-state index in [2.05, 4.69) is 20.1 Å².